The number of hydrogen-bond donors (Lipinski definition) is 0. The van der Waals surface area contributed by atoms with Crippen LogP contribution in [0.3, 0.4) is 0 Å². The smallest absolute Gasteiger partial charge is 0.116 e. The molecule has 12 heavy (non-hydrogen) atoms. The summed E-state index contributed by atoms with van der Waals surface area (Å²) in [6, 6.07) is 0. The van der Waals surface area contributed by atoms with Gasteiger partial charge in [0.2, 0.25) is 0 Å². The van der Waals surface area contributed by atoms with Crippen molar-refractivity contribution >= 4 is 21.6 Å². The van der Waals surface area contributed by atoms with Gasteiger partial charge < -0.3 is 9.47 Å². The monoisotopic (exact) mass is 208 g/mol. The molecule has 0 aromatic heterocycles. The molecule has 0 radical (unpaired) electrons. The van der Waals surface area contributed by atoms with Gasteiger partial charge in [-0.1, -0.05) is 21.6 Å². The number of ether oxygens (including phenoxy) is 2. The minimum Gasteiger partial charge on any atom is -0.367 e. The summed E-state index contributed by atoms with van der Waals surface area (Å²) in [7, 11) is 3.57. The van der Waals surface area contributed by atoms with Crippen molar-refractivity contribution in [1.29, 1.82) is 0 Å². The number of rotatable bonds is 4. The molecule has 2 unspecified atom stereocenters. The average molecular weight is 208 g/mol. The first kappa shape index (κ1) is 10.7. The molecule has 1 heterocycles. The Morgan fingerprint density at radius 1 is 1.33 bits per heavy atom. The van der Waals surface area contributed by atoms with Crippen LogP contribution in [-0.2, 0) is 9.47 Å². The minimum absolute atomic E-state index is 0.323. The molecular formula is C8H16O2S2. The lowest BCUT2D eigenvalue weighted by Gasteiger charge is -2.13. The zero-order valence-electron chi connectivity index (χ0n) is 7.78. The van der Waals surface area contributed by atoms with Gasteiger partial charge in [-0.15, -0.1) is 0 Å². The van der Waals surface area contributed by atoms with Crippen LogP contribution >= 0.6 is 21.6 Å². The SMILES string of the molecule is CCOC1CC(OC(C)C)SS1. The van der Waals surface area contributed by atoms with Crippen molar-refractivity contribution in [3.8, 4) is 0 Å². The van der Waals surface area contributed by atoms with Crippen molar-refractivity contribution in [2.75, 3.05) is 6.61 Å². The van der Waals surface area contributed by atoms with Gasteiger partial charge in [0, 0.05) is 13.0 Å². The van der Waals surface area contributed by atoms with Crippen molar-refractivity contribution in [3.05, 3.63) is 0 Å². The average Bonchev–Trinajstić information content (AvgIpc) is 2.36. The molecule has 0 aromatic rings. The Morgan fingerprint density at radius 2 is 2.00 bits per heavy atom. The van der Waals surface area contributed by atoms with Crippen molar-refractivity contribution in [2.24, 2.45) is 0 Å². The van der Waals surface area contributed by atoms with E-state index >= 15 is 0 Å². The number of hydrogen-bond acceptors (Lipinski definition) is 4. The van der Waals surface area contributed by atoms with E-state index < -0.39 is 0 Å². The van der Waals surface area contributed by atoms with Gasteiger partial charge in [0.25, 0.3) is 0 Å². The van der Waals surface area contributed by atoms with Gasteiger partial charge in [0.15, 0.2) is 0 Å². The summed E-state index contributed by atoms with van der Waals surface area (Å²) in [5.41, 5.74) is 0.662. The fourth-order valence-electron chi connectivity index (χ4n) is 1.02. The van der Waals surface area contributed by atoms with E-state index in [1.54, 1.807) is 21.6 Å². The van der Waals surface area contributed by atoms with Crippen LogP contribution in [0, 0.1) is 0 Å². The molecule has 0 amide bonds. The first-order valence-corrected chi connectivity index (χ1v) is 6.59. The molecule has 0 N–H and O–H groups in total. The lowest BCUT2D eigenvalue weighted by molar-refractivity contribution is 0.0305. The maximum Gasteiger partial charge on any atom is 0.116 e. The third-order valence-corrected chi connectivity index (χ3v) is 4.23. The lowest BCUT2D eigenvalue weighted by atomic mass is 10.4. The molecule has 1 rings (SSSR count). The second-order valence-corrected chi connectivity index (χ2v) is 5.52. The van der Waals surface area contributed by atoms with E-state index in [1.165, 1.54) is 0 Å². The summed E-state index contributed by atoms with van der Waals surface area (Å²) in [4.78, 5) is 0. The van der Waals surface area contributed by atoms with Crippen LogP contribution in [0.5, 0.6) is 0 Å². The van der Waals surface area contributed by atoms with Gasteiger partial charge in [-0.3, -0.25) is 0 Å². The van der Waals surface area contributed by atoms with Crippen molar-refractivity contribution in [3.63, 3.8) is 0 Å². The van der Waals surface area contributed by atoms with Crippen LogP contribution in [-0.4, -0.2) is 23.6 Å². The van der Waals surface area contributed by atoms with Crippen LogP contribution in [0.25, 0.3) is 0 Å². The highest BCUT2D eigenvalue weighted by atomic mass is 33.1. The van der Waals surface area contributed by atoms with Crippen LogP contribution in [0.15, 0.2) is 0 Å². The third-order valence-electron chi connectivity index (χ3n) is 1.43. The molecule has 1 saturated heterocycles. The highest BCUT2D eigenvalue weighted by Crippen LogP contribution is 2.44. The zero-order chi connectivity index (χ0) is 8.97. The van der Waals surface area contributed by atoms with Crippen molar-refractivity contribution in [2.45, 2.75) is 44.2 Å². The first-order chi connectivity index (χ1) is 5.72. The van der Waals surface area contributed by atoms with Gasteiger partial charge >= 0.3 is 0 Å². The maximum atomic E-state index is 5.65. The standard InChI is InChI=1S/C8H16O2S2/c1-4-9-7-5-8(12-11-7)10-6(2)3/h6-8H,4-5H2,1-3H3. The summed E-state index contributed by atoms with van der Waals surface area (Å²) in [6.45, 7) is 6.97. The van der Waals surface area contributed by atoms with Crippen LogP contribution in [0.4, 0.5) is 0 Å². The molecule has 0 aromatic carbocycles. The molecule has 0 saturated carbocycles. The molecular weight excluding hydrogens is 192 g/mol. The molecule has 1 fully saturated rings. The van der Waals surface area contributed by atoms with Crippen molar-refractivity contribution < 1.29 is 9.47 Å². The minimum atomic E-state index is 0.323. The lowest BCUT2D eigenvalue weighted by Crippen LogP contribution is -2.14. The molecule has 2 atom stereocenters. The van der Waals surface area contributed by atoms with E-state index in [2.05, 4.69) is 13.8 Å². The second kappa shape index (κ2) is 5.37. The fourth-order valence-corrected chi connectivity index (χ4v) is 3.88. The zero-order valence-corrected chi connectivity index (χ0v) is 9.41. The quantitative estimate of drug-likeness (QED) is 0.661. The van der Waals surface area contributed by atoms with E-state index in [1.807, 2.05) is 6.92 Å². The summed E-state index contributed by atoms with van der Waals surface area (Å²) < 4.78 is 11.1. The van der Waals surface area contributed by atoms with Crippen LogP contribution in [0.1, 0.15) is 27.2 Å². The Labute approximate surface area is 82.2 Å². The maximum absolute atomic E-state index is 5.65. The molecule has 4 heteroatoms. The van der Waals surface area contributed by atoms with E-state index in [9.17, 15) is 0 Å². The Balaban J connectivity index is 2.16. The largest absolute Gasteiger partial charge is 0.367 e. The predicted molar refractivity (Wildman–Crippen MR) is 55.2 cm³/mol. The summed E-state index contributed by atoms with van der Waals surface area (Å²) in [5, 5.41) is 0. The third kappa shape index (κ3) is 3.56. The van der Waals surface area contributed by atoms with Crippen LogP contribution < -0.4 is 0 Å². The summed E-state index contributed by atoms with van der Waals surface area (Å²) >= 11 is 0. The summed E-state index contributed by atoms with van der Waals surface area (Å²) in [6.07, 6.45) is 1.34. The van der Waals surface area contributed by atoms with Gasteiger partial charge in [-0.2, -0.15) is 0 Å². The van der Waals surface area contributed by atoms with Gasteiger partial charge in [0.1, 0.15) is 10.9 Å². The predicted octanol–water partition coefficient (Wildman–Crippen LogP) is 2.89. The second-order valence-electron chi connectivity index (χ2n) is 2.93. The molecule has 1 aliphatic rings. The molecule has 72 valence electrons. The highest BCUT2D eigenvalue weighted by molar-refractivity contribution is 8.77. The molecule has 0 aliphatic carbocycles. The van der Waals surface area contributed by atoms with Crippen molar-refractivity contribution in [1.82, 2.24) is 0 Å². The van der Waals surface area contributed by atoms with Gasteiger partial charge in [-0.05, 0) is 20.8 Å². The topological polar surface area (TPSA) is 18.5 Å². The molecule has 2 nitrogen and oxygen atoms in total. The summed E-state index contributed by atoms with van der Waals surface area (Å²) in [5.74, 6) is 0. The normalized spacial score (nSPS) is 30.0. The van der Waals surface area contributed by atoms with E-state index in [4.69, 9.17) is 9.47 Å². The molecule has 0 spiro atoms. The Bertz CT molecular complexity index is 130. The molecule has 0 bridgehead atoms. The molecule has 1 aliphatic heterocycles. The highest BCUT2D eigenvalue weighted by Gasteiger charge is 2.27. The Hall–Kier alpha value is 0.620. The Morgan fingerprint density at radius 3 is 2.58 bits per heavy atom. The Kier molecular flexibility index (Phi) is 4.79. The van der Waals surface area contributed by atoms with E-state index in [0.717, 1.165) is 13.0 Å². The van der Waals surface area contributed by atoms with E-state index in [0.29, 0.717) is 17.0 Å². The van der Waals surface area contributed by atoms with Gasteiger partial charge in [0.05, 0.1) is 6.10 Å². The van der Waals surface area contributed by atoms with E-state index in [-0.39, 0.29) is 0 Å². The first-order valence-electron chi connectivity index (χ1n) is 4.31. The van der Waals surface area contributed by atoms with Crippen LogP contribution in [0.2, 0.25) is 0 Å². The van der Waals surface area contributed by atoms with Gasteiger partial charge in [-0.25, -0.2) is 0 Å². The fraction of sp³-hybridized carbons (Fsp3) is 1.00.